The molecule has 2 aromatic carbocycles. The molecular weight excluding hydrogens is 432 g/mol. The maximum absolute atomic E-state index is 13.1. The largest absolute Gasteiger partial charge is 1.00 e. The minimum Gasteiger partial charge on any atom is -1.00 e. The van der Waals surface area contributed by atoms with Gasteiger partial charge in [0, 0.05) is 28.8 Å². The van der Waals surface area contributed by atoms with Crippen molar-refractivity contribution in [2.24, 2.45) is 0 Å². The lowest BCUT2D eigenvalue weighted by Gasteiger charge is -2.12. The van der Waals surface area contributed by atoms with E-state index in [0.29, 0.717) is 23.4 Å². The second-order valence-electron chi connectivity index (χ2n) is 6.64. The van der Waals surface area contributed by atoms with Crippen LogP contribution in [0.25, 0.3) is 11.4 Å². The molecule has 0 aliphatic heterocycles. The Morgan fingerprint density at radius 1 is 0.793 bits per heavy atom. The lowest BCUT2D eigenvalue weighted by Crippen LogP contribution is -3.00. The number of benzene rings is 2. The fraction of sp³-hybridized carbons (Fsp3) is 0.0435. The van der Waals surface area contributed by atoms with E-state index < -0.39 is 0 Å². The van der Waals surface area contributed by atoms with Crippen LogP contribution in [0.5, 0.6) is 0 Å². The summed E-state index contributed by atoms with van der Waals surface area (Å²) in [6.07, 6.45) is 1.92. The van der Waals surface area contributed by atoms with E-state index in [1.165, 1.54) is 0 Å². The summed E-state index contributed by atoms with van der Waals surface area (Å²) in [4.78, 5) is 25.9. The predicted octanol–water partition coefficient (Wildman–Crippen LogP) is 0.457. The molecule has 0 N–H and O–H groups in total. The Kier molecular flexibility index (Phi) is 4.94. The first kappa shape index (κ1) is 19.0. The molecule has 29 heavy (non-hydrogen) atoms. The number of fused-ring (bicyclic) bond motifs is 2. The normalized spacial score (nSPS) is 12.1. The first-order valence-corrected chi connectivity index (χ1v) is 8.95. The van der Waals surface area contributed by atoms with Gasteiger partial charge in [-0.15, -0.1) is 0 Å². The fourth-order valence-corrected chi connectivity index (χ4v) is 3.58. The van der Waals surface area contributed by atoms with Gasteiger partial charge in [-0.3, -0.25) is 9.59 Å². The van der Waals surface area contributed by atoms with Gasteiger partial charge >= 0.3 is 0 Å². The number of nitrogens with zero attached hydrogens (tertiary/aromatic N) is 2. The average molecular weight is 447 g/mol. The Balaban J connectivity index is 0.00000205. The molecule has 1 aliphatic carbocycles. The van der Waals surface area contributed by atoms with Crippen molar-refractivity contribution in [1.29, 1.82) is 0 Å². The number of aromatic nitrogens is 2. The van der Waals surface area contributed by atoms with Gasteiger partial charge in [-0.25, -0.2) is 0 Å². The van der Waals surface area contributed by atoms with Gasteiger partial charge < -0.3 is 21.5 Å². The highest BCUT2D eigenvalue weighted by molar-refractivity contribution is 6.28. The minimum atomic E-state index is -0.311. The summed E-state index contributed by atoms with van der Waals surface area (Å²) in [6, 6.07) is 22.5. The fourth-order valence-electron chi connectivity index (χ4n) is 3.58. The topological polar surface area (TPSA) is 64.1 Å². The van der Waals surface area contributed by atoms with E-state index in [4.69, 9.17) is 4.52 Å². The number of carbonyl (C=O) groups is 2. The van der Waals surface area contributed by atoms with Gasteiger partial charge in [0.25, 0.3) is 0 Å². The van der Waals surface area contributed by atoms with Gasteiger partial charge in [-0.2, -0.15) is 4.57 Å². The number of hydrogen-bond donors (Lipinski definition) is 0. The Hall–Kier alpha value is -3.38. The highest BCUT2D eigenvalue weighted by Crippen LogP contribution is 2.33. The molecule has 6 heteroatoms. The third-order valence-corrected chi connectivity index (χ3v) is 4.92. The number of halogens is 1. The molecule has 0 unspecified atom stereocenters. The number of ketones is 2. The molecule has 4 aromatic rings. The molecule has 5 rings (SSSR count). The molecule has 0 spiro atoms. The third-order valence-electron chi connectivity index (χ3n) is 4.92. The van der Waals surface area contributed by atoms with Crippen LogP contribution in [0.1, 0.15) is 37.6 Å². The highest BCUT2D eigenvalue weighted by atomic mass is 79.9. The summed E-state index contributed by atoms with van der Waals surface area (Å²) in [5, 5.41) is 4.12. The van der Waals surface area contributed by atoms with Crippen LogP contribution in [0, 0.1) is 0 Å². The molecular formula is C23H15BrN2O3. The van der Waals surface area contributed by atoms with Crippen molar-refractivity contribution in [2.75, 3.05) is 0 Å². The number of carbonyl (C=O) groups excluding carboxylic acids is 2. The van der Waals surface area contributed by atoms with Crippen molar-refractivity contribution < 1.29 is 35.7 Å². The van der Waals surface area contributed by atoms with Crippen LogP contribution < -0.4 is 21.5 Å². The van der Waals surface area contributed by atoms with Gasteiger partial charge in [-0.05, 0) is 6.07 Å². The van der Waals surface area contributed by atoms with E-state index in [1.54, 1.807) is 24.3 Å². The summed E-state index contributed by atoms with van der Waals surface area (Å²) >= 11 is 0. The quantitative estimate of drug-likeness (QED) is 0.377. The number of hydrogen-bond acceptors (Lipinski definition) is 4. The Morgan fingerprint density at radius 2 is 1.45 bits per heavy atom. The predicted molar refractivity (Wildman–Crippen MR) is 101 cm³/mol. The van der Waals surface area contributed by atoms with Crippen LogP contribution in [-0.2, 0) is 6.54 Å². The van der Waals surface area contributed by atoms with Crippen LogP contribution in [0.3, 0.4) is 0 Å². The molecule has 0 amide bonds. The Bertz CT molecular complexity index is 1230. The van der Waals surface area contributed by atoms with Gasteiger partial charge in [0.2, 0.25) is 17.2 Å². The van der Waals surface area contributed by atoms with Gasteiger partial charge in [0.15, 0.2) is 24.2 Å². The summed E-state index contributed by atoms with van der Waals surface area (Å²) < 4.78 is 7.34. The molecule has 1 aliphatic rings. The van der Waals surface area contributed by atoms with Crippen molar-refractivity contribution in [3.05, 3.63) is 107 Å². The van der Waals surface area contributed by atoms with Crippen LogP contribution in [-0.4, -0.2) is 16.7 Å². The second-order valence-corrected chi connectivity index (χ2v) is 6.64. The van der Waals surface area contributed by atoms with Crippen molar-refractivity contribution in [3.8, 4) is 11.4 Å². The van der Waals surface area contributed by atoms with E-state index in [-0.39, 0.29) is 39.9 Å². The first-order valence-electron chi connectivity index (χ1n) is 8.95. The maximum atomic E-state index is 13.1. The lowest BCUT2D eigenvalue weighted by atomic mass is 9.87. The second kappa shape index (κ2) is 7.56. The molecule has 0 radical (unpaired) electrons. The van der Waals surface area contributed by atoms with Crippen molar-refractivity contribution in [2.45, 2.75) is 6.54 Å². The van der Waals surface area contributed by atoms with Crippen LogP contribution in [0.2, 0.25) is 0 Å². The van der Waals surface area contributed by atoms with E-state index in [2.05, 4.69) is 5.16 Å². The standard InChI is InChI=1S/C23H15N2O3.BrH/c26-21-16-10-4-5-11-17(16)22(27)23-19(21)20(24-28-23)18-12-6-7-13-25(18)14-15-8-2-1-3-9-15;/h1-13H,14H2;1H/q+1;/p-1. The zero-order valence-corrected chi connectivity index (χ0v) is 16.8. The molecule has 2 aromatic heterocycles. The number of rotatable bonds is 3. The summed E-state index contributed by atoms with van der Waals surface area (Å²) in [5.74, 6) is -0.542. The zero-order valence-electron chi connectivity index (χ0n) is 15.2. The van der Waals surface area contributed by atoms with Gasteiger partial charge in [0.1, 0.15) is 5.56 Å². The van der Waals surface area contributed by atoms with Crippen LogP contribution in [0.15, 0.2) is 83.5 Å². The summed E-state index contributed by atoms with van der Waals surface area (Å²) in [7, 11) is 0. The van der Waals surface area contributed by atoms with E-state index in [1.807, 2.05) is 59.3 Å². The monoisotopic (exact) mass is 446 g/mol. The minimum absolute atomic E-state index is 0. The molecule has 5 nitrogen and oxygen atoms in total. The van der Waals surface area contributed by atoms with Gasteiger partial charge in [-0.1, -0.05) is 59.8 Å². The Labute approximate surface area is 177 Å². The van der Waals surface area contributed by atoms with Gasteiger partial charge in [0.05, 0.1) is 0 Å². The average Bonchev–Trinajstić information content (AvgIpc) is 3.19. The zero-order chi connectivity index (χ0) is 19.1. The molecule has 0 saturated heterocycles. The smallest absolute Gasteiger partial charge is 0.235 e. The molecule has 0 bridgehead atoms. The highest BCUT2D eigenvalue weighted by Gasteiger charge is 2.38. The van der Waals surface area contributed by atoms with Crippen LogP contribution in [0.4, 0.5) is 0 Å². The van der Waals surface area contributed by atoms with E-state index in [9.17, 15) is 9.59 Å². The number of pyridine rings is 1. The first-order chi connectivity index (χ1) is 13.7. The molecule has 0 fully saturated rings. The van der Waals surface area contributed by atoms with Crippen LogP contribution >= 0.6 is 0 Å². The molecule has 0 atom stereocenters. The summed E-state index contributed by atoms with van der Waals surface area (Å²) in [5.41, 5.74) is 3.20. The van der Waals surface area contributed by atoms with Crippen molar-refractivity contribution in [1.82, 2.24) is 5.16 Å². The molecule has 2 heterocycles. The Morgan fingerprint density at radius 3 is 2.21 bits per heavy atom. The van der Waals surface area contributed by atoms with Crippen molar-refractivity contribution in [3.63, 3.8) is 0 Å². The maximum Gasteiger partial charge on any atom is 0.235 e. The van der Waals surface area contributed by atoms with E-state index >= 15 is 0 Å². The third kappa shape index (κ3) is 3.11. The molecule has 0 saturated carbocycles. The van der Waals surface area contributed by atoms with E-state index in [0.717, 1.165) is 11.3 Å². The SMILES string of the molecule is O=C1c2ccccc2C(=O)c2c(-c3cccc[n+]3Cc3ccccc3)noc21.[Br-]. The van der Waals surface area contributed by atoms with Crippen molar-refractivity contribution >= 4 is 11.6 Å². The molecule has 142 valence electrons. The lowest BCUT2D eigenvalue weighted by molar-refractivity contribution is -0.677. The summed E-state index contributed by atoms with van der Waals surface area (Å²) in [6.45, 7) is 0.609.